The third kappa shape index (κ3) is 3.54. The van der Waals surface area contributed by atoms with Gasteiger partial charge in [-0.05, 0) is 30.7 Å². The highest BCUT2D eigenvalue weighted by atomic mass is 35.5. The first kappa shape index (κ1) is 18.0. The van der Waals surface area contributed by atoms with Crippen LogP contribution in [0.4, 0.5) is 0 Å². The molecular formula is C19H15ClN4O4. The van der Waals surface area contributed by atoms with Crippen LogP contribution in [0.25, 0.3) is 16.6 Å². The molecule has 0 bridgehead atoms. The number of amides is 1. The lowest BCUT2D eigenvalue weighted by atomic mass is 10.1. The average Bonchev–Trinajstić information content (AvgIpc) is 3.08. The Morgan fingerprint density at radius 3 is 3.00 bits per heavy atom. The van der Waals surface area contributed by atoms with E-state index in [0.29, 0.717) is 27.5 Å². The number of fused-ring (bicyclic) bond motifs is 2. The van der Waals surface area contributed by atoms with Gasteiger partial charge in [-0.3, -0.25) is 9.20 Å². The van der Waals surface area contributed by atoms with Crippen molar-refractivity contribution in [2.75, 3.05) is 6.61 Å². The molecule has 0 unspecified atom stereocenters. The second-order valence-corrected chi connectivity index (χ2v) is 6.54. The largest absolute Gasteiger partial charge is 0.482 e. The van der Waals surface area contributed by atoms with E-state index in [0.717, 1.165) is 5.56 Å². The van der Waals surface area contributed by atoms with Gasteiger partial charge >= 0.3 is 5.63 Å². The number of rotatable bonds is 5. The number of ether oxygens (including phenoxy) is 1. The summed E-state index contributed by atoms with van der Waals surface area (Å²) in [5, 5.41) is 11.8. The number of halogens is 1. The van der Waals surface area contributed by atoms with Crippen molar-refractivity contribution in [3.8, 4) is 5.75 Å². The number of hydrogen-bond acceptors (Lipinski definition) is 6. The van der Waals surface area contributed by atoms with E-state index in [1.165, 1.54) is 12.1 Å². The average molecular weight is 399 g/mol. The third-order valence-electron chi connectivity index (χ3n) is 4.19. The van der Waals surface area contributed by atoms with Crippen molar-refractivity contribution < 1.29 is 13.9 Å². The van der Waals surface area contributed by atoms with Gasteiger partial charge < -0.3 is 14.5 Å². The molecule has 0 atom stereocenters. The maximum absolute atomic E-state index is 12.1. The zero-order chi connectivity index (χ0) is 19.7. The van der Waals surface area contributed by atoms with Crippen molar-refractivity contribution in [3.63, 3.8) is 0 Å². The van der Waals surface area contributed by atoms with E-state index in [2.05, 4.69) is 15.5 Å². The second kappa shape index (κ2) is 7.32. The number of hydrogen-bond donors (Lipinski definition) is 1. The molecule has 28 heavy (non-hydrogen) atoms. The molecule has 0 saturated heterocycles. The van der Waals surface area contributed by atoms with E-state index in [4.69, 9.17) is 20.8 Å². The Morgan fingerprint density at radius 1 is 1.29 bits per heavy atom. The summed E-state index contributed by atoms with van der Waals surface area (Å²) in [5.74, 6) is 0.505. The summed E-state index contributed by atoms with van der Waals surface area (Å²) in [4.78, 5) is 23.7. The van der Waals surface area contributed by atoms with Gasteiger partial charge in [-0.15, -0.1) is 10.2 Å². The molecule has 0 radical (unpaired) electrons. The van der Waals surface area contributed by atoms with E-state index < -0.39 is 5.63 Å². The summed E-state index contributed by atoms with van der Waals surface area (Å²) in [6.07, 6.45) is 1.82. The SMILES string of the molecule is Cc1cc(=O)oc2cc(OCC(=O)NCc3nnc4ccccn34)c(Cl)cc12. The fourth-order valence-electron chi connectivity index (χ4n) is 2.81. The predicted molar refractivity (Wildman–Crippen MR) is 103 cm³/mol. The van der Waals surface area contributed by atoms with Crippen LogP contribution >= 0.6 is 11.6 Å². The number of carbonyl (C=O) groups excluding carboxylic acids is 1. The Balaban J connectivity index is 1.43. The number of carbonyl (C=O) groups is 1. The van der Waals surface area contributed by atoms with Crippen molar-refractivity contribution in [2.24, 2.45) is 0 Å². The van der Waals surface area contributed by atoms with Gasteiger partial charge in [0.15, 0.2) is 18.1 Å². The van der Waals surface area contributed by atoms with Gasteiger partial charge in [0.1, 0.15) is 11.3 Å². The predicted octanol–water partition coefficient (Wildman–Crippen LogP) is 2.49. The fourth-order valence-corrected chi connectivity index (χ4v) is 3.03. The summed E-state index contributed by atoms with van der Waals surface area (Å²) in [6, 6.07) is 10.1. The summed E-state index contributed by atoms with van der Waals surface area (Å²) in [5.41, 5.74) is 1.33. The molecule has 4 aromatic rings. The topological polar surface area (TPSA) is 98.7 Å². The zero-order valence-electron chi connectivity index (χ0n) is 14.8. The first-order chi connectivity index (χ1) is 13.5. The van der Waals surface area contributed by atoms with Gasteiger partial charge in [-0.2, -0.15) is 0 Å². The van der Waals surface area contributed by atoms with Crippen LogP contribution in [-0.4, -0.2) is 27.1 Å². The lowest BCUT2D eigenvalue weighted by molar-refractivity contribution is -0.123. The number of benzene rings is 1. The van der Waals surface area contributed by atoms with Crippen molar-refractivity contribution in [2.45, 2.75) is 13.5 Å². The second-order valence-electron chi connectivity index (χ2n) is 6.14. The molecule has 3 aromatic heterocycles. The Morgan fingerprint density at radius 2 is 2.14 bits per heavy atom. The minimum Gasteiger partial charge on any atom is -0.482 e. The van der Waals surface area contributed by atoms with Crippen LogP contribution in [0.15, 0.2) is 51.8 Å². The normalized spacial score (nSPS) is 11.1. The molecule has 0 spiro atoms. The van der Waals surface area contributed by atoms with Gasteiger partial charge in [-0.1, -0.05) is 17.7 Å². The molecule has 1 amide bonds. The molecule has 1 N–H and O–H groups in total. The van der Waals surface area contributed by atoms with Crippen LogP contribution in [-0.2, 0) is 11.3 Å². The van der Waals surface area contributed by atoms with E-state index >= 15 is 0 Å². The number of aromatic nitrogens is 3. The maximum atomic E-state index is 12.1. The standard InChI is InChI=1S/C19H15ClN4O4/c1-11-6-19(26)28-14-8-15(13(20)7-12(11)14)27-10-18(25)21-9-17-23-22-16-4-2-3-5-24(16)17/h2-8H,9-10H2,1H3,(H,21,25). The minimum absolute atomic E-state index is 0.201. The number of aryl methyl sites for hydroxylation is 1. The van der Waals surface area contributed by atoms with Crippen molar-refractivity contribution in [1.29, 1.82) is 0 Å². The highest BCUT2D eigenvalue weighted by molar-refractivity contribution is 6.32. The van der Waals surface area contributed by atoms with Crippen molar-refractivity contribution >= 4 is 34.1 Å². The van der Waals surface area contributed by atoms with Gasteiger partial charge in [0.05, 0.1) is 11.6 Å². The minimum atomic E-state index is -0.462. The summed E-state index contributed by atoms with van der Waals surface area (Å²) in [7, 11) is 0. The van der Waals surface area contributed by atoms with Gasteiger partial charge in [0.2, 0.25) is 0 Å². The van der Waals surface area contributed by atoms with Crippen LogP contribution in [0.3, 0.4) is 0 Å². The molecule has 142 valence electrons. The number of nitrogens with zero attached hydrogens (tertiary/aromatic N) is 3. The first-order valence-corrected chi connectivity index (χ1v) is 8.81. The summed E-state index contributed by atoms with van der Waals surface area (Å²) < 4.78 is 12.4. The molecule has 0 fully saturated rings. The highest BCUT2D eigenvalue weighted by Gasteiger charge is 2.12. The fraction of sp³-hybridized carbons (Fsp3) is 0.158. The van der Waals surface area contributed by atoms with Crippen LogP contribution < -0.4 is 15.7 Å². The number of pyridine rings is 1. The Bertz CT molecular complexity index is 1250. The molecule has 3 heterocycles. The summed E-state index contributed by atoms with van der Waals surface area (Å²) in [6.45, 7) is 1.74. The maximum Gasteiger partial charge on any atom is 0.336 e. The van der Waals surface area contributed by atoms with Crippen LogP contribution in [0.5, 0.6) is 5.75 Å². The van der Waals surface area contributed by atoms with Crippen LogP contribution in [0.1, 0.15) is 11.4 Å². The third-order valence-corrected chi connectivity index (χ3v) is 4.49. The van der Waals surface area contributed by atoms with Crippen LogP contribution in [0.2, 0.25) is 5.02 Å². The molecule has 0 saturated carbocycles. The smallest absolute Gasteiger partial charge is 0.336 e. The molecular weight excluding hydrogens is 384 g/mol. The Kier molecular flexibility index (Phi) is 4.70. The van der Waals surface area contributed by atoms with Gasteiger partial charge in [0.25, 0.3) is 5.91 Å². The lowest BCUT2D eigenvalue weighted by Gasteiger charge is -2.10. The molecule has 0 aliphatic heterocycles. The van der Waals surface area contributed by atoms with Gasteiger partial charge in [-0.25, -0.2) is 4.79 Å². The lowest BCUT2D eigenvalue weighted by Crippen LogP contribution is -2.29. The molecule has 0 aliphatic rings. The van der Waals surface area contributed by atoms with E-state index in [-0.39, 0.29) is 24.8 Å². The molecule has 4 rings (SSSR count). The Hall–Kier alpha value is -3.39. The van der Waals surface area contributed by atoms with Crippen molar-refractivity contribution in [1.82, 2.24) is 19.9 Å². The van der Waals surface area contributed by atoms with Crippen molar-refractivity contribution in [3.05, 3.63) is 69.4 Å². The molecule has 0 aliphatic carbocycles. The van der Waals surface area contributed by atoms with Crippen LogP contribution in [0, 0.1) is 6.92 Å². The monoisotopic (exact) mass is 398 g/mol. The quantitative estimate of drug-likeness (QED) is 0.518. The van der Waals surface area contributed by atoms with E-state index in [9.17, 15) is 9.59 Å². The first-order valence-electron chi connectivity index (χ1n) is 8.43. The molecule has 9 heteroatoms. The number of nitrogens with one attached hydrogen (secondary N) is 1. The highest BCUT2D eigenvalue weighted by Crippen LogP contribution is 2.30. The van der Waals surface area contributed by atoms with E-state index in [1.807, 2.05) is 24.4 Å². The summed E-state index contributed by atoms with van der Waals surface area (Å²) >= 11 is 6.22. The molecule has 1 aromatic carbocycles. The molecule has 8 nitrogen and oxygen atoms in total. The Labute approximate surface area is 163 Å². The van der Waals surface area contributed by atoms with Gasteiger partial charge in [0, 0.05) is 23.7 Å². The zero-order valence-corrected chi connectivity index (χ0v) is 15.6. The van der Waals surface area contributed by atoms with E-state index in [1.54, 1.807) is 17.4 Å².